The van der Waals surface area contributed by atoms with Gasteiger partial charge in [0.2, 0.25) is 21.8 Å². The van der Waals surface area contributed by atoms with Crippen LogP contribution in [-0.2, 0) is 26.2 Å². The van der Waals surface area contributed by atoms with Crippen molar-refractivity contribution in [3.8, 4) is 0 Å². The van der Waals surface area contributed by atoms with Gasteiger partial charge in [-0.1, -0.05) is 64.6 Å². The Morgan fingerprint density at radius 1 is 1.03 bits per heavy atom. The number of amides is 2. The Kier molecular flexibility index (Phi) is 8.82. The summed E-state index contributed by atoms with van der Waals surface area (Å²) in [6.45, 7) is 3.04. The molecule has 11 heteroatoms. The number of hydrogen-bond donors (Lipinski definition) is 1. The molecule has 1 N–H and O–H groups in total. The molecule has 2 aromatic rings. The lowest BCUT2D eigenvalue weighted by atomic mass is 10.1. The number of sulfonamides is 1. The predicted octanol–water partition coefficient (Wildman–Crippen LogP) is 3.88. The van der Waals surface area contributed by atoms with Crippen LogP contribution in [0.5, 0.6) is 0 Å². The predicted molar refractivity (Wildman–Crippen MR) is 129 cm³/mol. The molecular weight excluding hydrogens is 497 g/mol. The van der Waals surface area contributed by atoms with Crippen molar-refractivity contribution < 1.29 is 18.0 Å². The van der Waals surface area contributed by atoms with Crippen molar-refractivity contribution in [2.24, 2.45) is 0 Å². The van der Waals surface area contributed by atoms with E-state index in [1.165, 1.54) is 24.1 Å². The molecule has 0 unspecified atom stereocenters. The quantitative estimate of drug-likeness (QED) is 0.535. The second-order valence-corrected chi connectivity index (χ2v) is 10.4. The highest BCUT2D eigenvalue weighted by atomic mass is 35.5. The van der Waals surface area contributed by atoms with Crippen molar-refractivity contribution in [1.82, 2.24) is 10.2 Å². The summed E-state index contributed by atoms with van der Waals surface area (Å²) in [5, 5.41) is 2.76. The van der Waals surface area contributed by atoms with Gasteiger partial charge in [-0.15, -0.1) is 0 Å². The first-order valence-electron chi connectivity index (χ1n) is 9.54. The molecule has 0 bridgehead atoms. The first kappa shape index (κ1) is 26.3. The first-order valence-corrected chi connectivity index (χ1v) is 12.5. The summed E-state index contributed by atoms with van der Waals surface area (Å²) in [5.41, 5.74) is 1.85. The number of hydrogen-bond acceptors (Lipinski definition) is 4. The lowest BCUT2D eigenvalue weighted by Crippen LogP contribution is -2.50. The topological polar surface area (TPSA) is 86.8 Å². The Labute approximate surface area is 203 Å². The third kappa shape index (κ3) is 6.51. The number of likely N-dealkylation sites (N-methyl/N-ethyl adjacent to an activating group) is 1. The zero-order valence-electron chi connectivity index (χ0n) is 18.0. The lowest BCUT2D eigenvalue weighted by molar-refractivity contribution is -0.139. The molecule has 0 aliphatic heterocycles. The summed E-state index contributed by atoms with van der Waals surface area (Å²) in [7, 11) is -2.47. The van der Waals surface area contributed by atoms with Gasteiger partial charge in [0.25, 0.3) is 0 Å². The monoisotopic (exact) mass is 519 g/mol. The maximum Gasteiger partial charge on any atom is 0.244 e. The Balaban J connectivity index is 2.44. The number of nitrogens with zero attached hydrogens (tertiary/aromatic N) is 2. The van der Waals surface area contributed by atoms with Crippen LogP contribution in [0.3, 0.4) is 0 Å². The number of aryl methyl sites for hydroxylation is 1. The van der Waals surface area contributed by atoms with E-state index in [2.05, 4.69) is 5.32 Å². The average molecular weight is 521 g/mol. The summed E-state index contributed by atoms with van der Waals surface area (Å²) in [5.74, 6) is -0.974. The maximum atomic E-state index is 13.3. The molecule has 1 atom stereocenters. The summed E-state index contributed by atoms with van der Waals surface area (Å²) in [6, 6.07) is 9.21. The number of carbonyl (C=O) groups excluding carboxylic acids is 2. The number of nitrogens with one attached hydrogen (secondary N) is 1. The Morgan fingerprint density at radius 3 is 2.12 bits per heavy atom. The summed E-state index contributed by atoms with van der Waals surface area (Å²) < 4.78 is 25.9. The van der Waals surface area contributed by atoms with Gasteiger partial charge in [0, 0.05) is 13.6 Å². The Hall–Kier alpha value is -2.00. The summed E-state index contributed by atoms with van der Waals surface area (Å²) >= 11 is 18.2. The number of benzene rings is 2. The largest absolute Gasteiger partial charge is 0.357 e. The van der Waals surface area contributed by atoms with Gasteiger partial charge in [0.15, 0.2) is 0 Å². The van der Waals surface area contributed by atoms with Gasteiger partial charge >= 0.3 is 0 Å². The molecule has 2 amide bonds. The van der Waals surface area contributed by atoms with Gasteiger partial charge in [-0.3, -0.25) is 13.9 Å². The van der Waals surface area contributed by atoms with Crippen LogP contribution in [-0.4, -0.2) is 51.0 Å². The van der Waals surface area contributed by atoms with Crippen LogP contribution < -0.4 is 9.62 Å². The molecule has 0 saturated carbocycles. The minimum absolute atomic E-state index is 0.0137. The van der Waals surface area contributed by atoms with Crippen molar-refractivity contribution in [3.05, 3.63) is 62.6 Å². The molecule has 0 fully saturated rings. The van der Waals surface area contributed by atoms with Crippen LogP contribution in [0.4, 0.5) is 5.69 Å². The lowest BCUT2D eigenvalue weighted by Gasteiger charge is -2.31. The van der Waals surface area contributed by atoms with Gasteiger partial charge in [-0.05, 0) is 31.5 Å². The molecule has 0 saturated heterocycles. The summed E-state index contributed by atoms with van der Waals surface area (Å²) in [4.78, 5) is 26.9. The number of anilines is 1. The van der Waals surface area contributed by atoms with Crippen molar-refractivity contribution in [2.45, 2.75) is 26.4 Å². The van der Waals surface area contributed by atoms with Crippen LogP contribution >= 0.6 is 34.8 Å². The SMILES string of the molecule is CNC(=O)[C@H](C)N(Cc1ccc(C)cc1)C(=O)CN(c1cc(Cl)c(Cl)cc1Cl)S(C)(=O)=O. The molecule has 174 valence electrons. The van der Waals surface area contributed by atoms with Gasteiger partial charge in [0.1, 0.15) is 12.6 Å². The highest BCUT2D eigenvalue weighted by Gasteiger charge is 2.30. The van der Waals surface area contributed by atoms with Crippen LogP contribution in [0.15, 0.2) is 36.4 Å². The molecule has 0 spiro atoms. The first-order chi connectivity index (χ1) is 14.8. The standard InChI is InChI=1S/C21H24Cl3N3O4S/c1-13-5-7-15(8-6-13)11-26(14(2)21(29)25-3)20(28)12-27(32(4,30)31)19-10-17(23)16(22)9-18(19)24/h5-10,14H,11-12H2,1-4H3,(H,25,29)/t14-/m0/s1. The minimum Gasteiger partial charge on any atom is -0.357 e. The van der Waals surface area contributed by atoms with E-state index >= 15 is 0 Å². The average Bonchev–Trinajstić information content (AvgIpc) is 2.72. The zero-order chi connectivity index (χ0) is 24.2. The van der Waals surface area contributed by atoms with E-state index in [0.29, 0.717) is 0 Å². The highest BCUT2D eigenvalue weighted by molar-refractivity contribution is 7.92. The molecule has 32 heavy (non-hydrogen) atoms. The van der Waals surface area contributed by atoms with E-state index in [1.807, 2.05) is 31.2 Å². The third-order valence-electron chi connectivity index (χ3n) is 4.82. The molecule has 0 aromatic heterocycles. The van der Waals surface area contributed by atoms with E-state index in [-0.39, 0.29) is 33.2 Å². The van der Waals surface area contributed by atoms with Crippen LogP contribution in [0.2, 0.25) is 15.1 Å². The van der Waals surface area contributed by atoms with Crippen molar-refractivity contribution in [2.75, 3.05) is 24.2 Å². The van der Waals surface area contributed by atoms with Crippen LogP contribution in [0, 0.1) is 6.92 Å². The van der Waals surface area contributed by atoms with Crippen molar-refractivity contribution in [1.29, 1.82) is 0 Å². The molecule has 2 rings (SSSR count). The fourth-order valence-electron chi connectivity index (χ4n) is 2.98. The van der Waals surface area contributed by atoms with Crippen LogP contribution in [0.1, 0.15) is 18.1 Å². The molecular formula is C21H24Cl3N3O4S. The van der Waals surface area contributed by atoms with Crippen LogP contribution in [0.25, 0.3) is 0 Å². The number of carbonyl (C=O) groups is 2. The zero-order valence-corrected chi connectivity index (χ0v) is 21.1. The van der Waals surface area contributed by atoms with Gasteiger partial charge in [0.05, 0.1) is 27.0 Å². The Bertz CT molecular complexity index is 1110. The van der Waals surface area contributed by atoms with Crippen molar-refractivity contribution >= 4 is 62.3 Å². The Morgan fingerprint density at radius 2 is 1.59 bits per heavy atom. The number of rotatable bonds is 8. The summed E-state index contributed by atoms with van der Waals surface area (Å²) in [6.07, 6.45) is 0.950. The maximum absolute atomic E-state index is 13.3. The van der Waals surface area contributed by atoms with E-state index in [0.717, 1.165) is 21.7 Å². The normalized spacial score (nSPS) is 12.2. The fraction of sp³-hybridized carbons (Fsp3) is 0.333. The van der Waals surface area contributed by atoms with E-state index in [1.54, 1.807) is 6.92 Å². The number of halogens is 3. The molecule has 2 aromatic carbocycles. The minimum atomic E-state index is -3.93. The fourth-order valence-corrected chi connectivity index (χ4v) is 4.53. The highest BCUT2D eigenvalue weighted by Crippen LogP contribution is 2.35. The second-order valence-electron chi connectivity index (χ2n) is 7.28. The molecule has 0 heterocycles. The van der Waals surface area contributed by atoms with E-state index in [9.17, 15) is 18.0 Å². The molecule has 0 aliphatic carbocycles. The van der Waals surface area contributed by atoms with Gasteiger partial charge in [-0.25, -0.2) is 8.42 Å². The smallest absolute Gasteiger partial charge is 0.244 e. The van der Waals surface area contributed by atoms with Gasteiger partial charge in [-0.2, -0.15) is 0 Å². The third-order valence-corrected chi connectivity index (χ3v) is 6.98. The molecule has 0 radical (unpaired) electrons. The molecule has 0 aliphatic rings. The van der Waals surface area contributed by atoms with E-state index < -0.39 is 28.5 Å². The van der Waals surface area contributed by atoms with Crippen molar-refractivity contribution in [3.63, 3.8) is 0 Å². The van der Waals surface area contributed by atoms with Gasteiger partial charge < -0.3 is 10.2 Å². The second kappa shape index (κ2) is 10.7. The van der Waals surface area contributed by atoms with E-state index in [4.69, 9.17) is 34.8 Å². The molecule has 7 nitrogen and oxygen atoms in total.